The summed E-state index contributed by atoms with van der Waals surface area (Å²) in [5.41, 5.74) is 1.77. The van der Waals surface area contributed by atoms with Crippen LogP contribution in [-0.2, 0) is 5.41 Å². The van der Waals surface area contributed by atoms with Crippen molar-refractivity contribution in [3.05, 3.63) is 50.6 Å². The summed E-state index contributed by atoms with van der Waals surface area (Å²) >= 11 is 5.15. The van der Waals surface area contributed by atoms with Gasteiger partial charge in [0.1, 0.15) is 5.69 Å². The van der Waals surface area contributed by atoms with E-state index in [2.05, 4.69) is 34.0 Å². The van der Waals surface area contributed by atoms with Gasteiger partial charge in [0.25, 0.3) is 5.56 Å². The minimum Gasteiger partial charge on any atom is -0.372 e. The number of hydrogen-bond acceptors (Lipinski definition) is 5. The number of aromatic nitrogens is 3. The van der Waals surface area contributed by atoms with Crippen LogP contribution in [0.4, 0.5) is 5.69 Å². The molecule has 1 N–H and O–H groups in total. The lowest BCUT2D eigenvalue weighted by Crippen LogP contribution is -2.32. The van der Waals surface area contributed by atoms with E-state index in [-0.39, 0.29) is 15.7 Å². The van der Waals surface area contributed by atoms with Crippen molar-refractivity contribution < 1.29 is 0 Å². The van der Waals surface area contributed by atoms with Crippen molar-refractivity contribution in [1.29, 1.82) is 0 Å². The molecule has 0 unspecified atom stereocenters. The van der Waals surface area contributed by atoms with Gasteiger partial charge in [-0.05, 0) is 43.8 Å². The molecule has 0 spiro atoms. The van der Waals surface area contributed by atoms with Crippen molar-refractivity contribution in [2.45, 2.75) is 40.0 Å². The van der Waals surface area contributed by atoms with Crippen molar-refractivity contribution >= 4 is 24.1 Å². The molecule has 2 aromatic rings. The molecule has 6 nitrogen and oxygen atoms in total. The first-order chi connectivity index (χ1) is 11.8. The van der Waals surface area contributed by atoms with E-state index in [1.54, 1.807) is 6.21 Å². The zero-order chi connectivity index (χ0) is 18.6. The van der Waals surface area contributed by atoms with Gasteiger partial charge in [0.05, 0.1) is 6.21 Å². The molecule has 0 aliphatic carbocycles. The Morgan fingerprint density at radius 3 is 2.36 bits per heavy atom. The molecule has 2 rings (SSSR count). The standard InChI is InChI=1S/C18H25N5OS/c1-6-22(7-2)14-10-8-13(9-11-14)12-19-23-16(24)15(18(3,4)5)20-21-17(23)25/h8-12H,6-7H2,1-5H3,(H,21,25)/b19-12-. The van der Waals surface area contributed by atoms with Crippen LogP contribution >= 0.6 is 12.2 Å². The van der Waals surface area contributed by atoms with Gasteiger partial charge in [-0.25, -0.2) is 0 Å². The molecule has 0 atom stereocenters. The SMILES string of the molecule is CCN(CC)c1ccc(/C=N\n2c(=S)[nH]nc(C(C)(C)C)c2=O)cc1. The molecule has 1 aromatic carbocycles. The lowest BCUT2D eigenvalue weighted by atomic mass is 9.93. The van der Waals surface area contributed by atoms with Crippen LogP contribution < -0.4 is 10.5 Å². The fourth-order valence-electron chi connectivity index (χ4n) is 2.47. The highest BCUT2D eigenvalue weighted by Gasteiger charge is 2.21. The largest absolute Gasteiger partial charge is 0.372 e. The molecule has 1 aromatic heterocycles. The topological polar surface area (TPSA) is 66.3 Å². The number of benzene rings is 1. The average Bonchev–Trinajstić information content (AvgIpc) is 2.56. The number of hydrogen-bond donors (Lipinski definition) is 1. The van der Waals surface area contributed by atoms with E-state index in [4.69, 9.17) is 12.2 Å². The molecular formula is C18H25N5OS. The van der Waals surface area contributed by atoms with Crippen LogP contribution in [0.15, 0.2) is 34.2 Å². The molecule has 25 heavy (non-hydrogen) atoms. The predicted octanol–water partition coefficient (Wildman–Crippen LogP) is 3.33. The van der Waals surface area contributed by atoms with Gasteiger partial charge in [-0.15, -0.1) is 0 Å². The maximum absolute atomic E-state index is 12.6. The van der Waals surface area contributed by atoms with Gasteiger partial charge < -0.3 is 4.90 Å². The van der Waals surface area contributed by atoms with E-state index >= 15 is 0 Å². The Morgan fingerprint density at radius 2 is 1.84 bits per heavy atom. The summed E-state index contributed by atoms with van der Waals surface area (Å²) in [6, 6.07) is 8.04. The lowest BCUT2D eigenvalue weighted by Gasteiger charge is -2.20. The smallest absolute Gasteiger partial charge is 0.297 e. The molecule has 0 saturated carbocycles. The zero-order valence-electron chi connectivity index (χ0n) is 15.4. The van der Waals surface area contributed by atoms with Gasteiger partial charge >= 0.3 is 0 Å². The summed E-state index contributed by atoms with van der Waals surface area (Å²) < 4.78 is 1.36. The monoisotopic (exact) mass is 359 g/mol. The maximum atomic E-state index is 12.6. The Hall–Kier alpha value is -2.28. The van der Waals surface area contributed by atoms with Crippen LogP contribution in [0.3, 0.4) is 0 Å². The molecule has 0 bridgehead atoms. The Kier molecular flexibility index (Phi) is 5.89. The second-order valence-corrected chi connectivity index (χ2v) is 7.14. The van der Waals surface area contributed by atoms with Crippen molar-refractivity contribution in [2.24, 2.45) is 5.10 Å². The Balaban J connectivity index is 2.34. The first kappa shape index (κ1) is 19.1. The van der Waals surface area contributed by atoms with Crippen LogP contribution in [0.2, 0.25) is 0 Å². The summed E-state index contributed by atoms with van der Waals surface area (Å²) in [6.07, 6.45) is 1.63. The van der Waals surface area contributed by atoms with E-state index in [1.807, 2.05) is 45.0 Å². The number of nitrogens with zero attached hydrogens (tertiary/aromatic N) is 4. The van der Waals surface area contributed by atoms with Crippen LogP contribution in [0.25, 0.3) is 0 Å². The van der Waals surface area contributed by atoms with Crippen LogP contribution in [0.5, 0.6) is 0 Å². The Bertz CT molecular complexity index is 855. The molecule has 0 amide bonds. The highest BCUT2D eigenvalue weighted by Crippen LogP contribution is 2.16. The number of H-pyrrole nitrogens is 1. The van der Waals surface area contributed by atoms with E-state index < -0.39 is 0 Å². The van der Waals surface area contributed by atoms with Crippen molar-refractivity contribution in [3.63, 3.8) is 0 Å². The summed E-state index contributed by atoms with van der Waals surface area (Å²) in [7, 11) is 0. The molecule has 7 heteroatoms. The molecule has 1 heterocycles. The third-order valence-electron chi connectivity index (χ3n) is 3.91. The third-order valence-corrected chi connectivity index (χ3v) is 4.17. The van der Waals surface area contributed by atoms with Crippen molar-refractivity contribution in [1.82, 2.24) is 14.9 Å². The number of aromatic amines is 1. The summed E-state index contributed by atoms with van der Waals surface area (Å²) in [6.45, 7) is 11.9. The van der Waals surface area contributed by atoms with Gasteiger partial charge in [0.15, 0.2) is 0 Å². The maximum Gasteiger partial charge on any atom is 0.297 e. The second kappa shape index (κ2) is 7.74. The van der Waals surface area contributed by atoms with Crippen LogP contribution in [-0.4, -0.2) is 34.2 Å². The van der Waals surface area contributed by atoms with E-state index in [0.29, 0.717) is 5.69 Å². The number of nitrogens with one attached hydrogen (secondary N) is 1. The summed E-state index contributed by atoms with van der Waals surface area (Å²) in [5, 5.41) is 11.0. The summed E-state index contributed by atoms with van der Waals surface area (Å²) in [5.74, 6) is 0. The van der Waals surface area contributed by atoms with Gasteiger partial charge in [-0.2, -0.15) is 14.9 Å². The first-order valence-corrected chi connectivity index (χ1v) is 8.80. The van der Waals surface area contributed by atoms with Crippen molar-refractivity contribution in [2.75, 3.05) is 18.0 Å². The quantitative estimate of drug-likeness (QED) is 0.657. The van der Waals surface area contributed by atoms with E-state index in [0.717, 1.165) is 24.3 Å². The molecular weight excluding hydrogens is 334 g/mol. The van der Waals surface area contributed by atoms with Crippen LogP contribution in [0.1, 0.15) is 45.9 Å². The highest BCUT2D eigenvalue weighted by atomic mass is 32.1. The number of rotatable bonds is 5. The van der Waals surface area contributed by atoms with Gasteiger partial charge in [0.2, 0.25) is 4.77 Å². The average molecular weight is 359 g/mol. The molecule has 0 aliphatic heterocycles. The minimum absolute atomic E-state index is 0.175. The highest BCUT2D eigenvalue weighted by molar-refractivity contribution is 7.71. The third kappa shape index (κ3) is 4.42. The minimum atomic E-state index is -0.390. The van der Waals surface area contributed by atoms with Crippen LogP contribution in [0, 0.1) is 4.77 Å². The predicted molar refractivity (Wildman–Crippen MR) is 105 cm³/mol. The molecule has 0 fully saturated rings. The fraction of sp³-hybridized carbons (Fsp3) is 0.444. The molecule has 134 valence electrons. The second-order valence-electron chi connectivity index (χ2n) is 6.75. The van der Waals surface area contributed by atoms with E-state index in [9.17, 15) is 4.79 Å². The molecule has 0 aliphatic rings. The normalized spacial score (nSPS) is 11.9. The van der Waals surface area contributed by atoms with Gasteiger partial charge in [0, 0.05) is 24.2 Å². The van der Waals surface area contributed by atoms with E-state index in [1.165, 1.54) is 4.68 Å². The van der Waals surface area contributed by atoms with Crippen molar-refractivity contribution in [3.8, 4) is 0 Å². The van der Waals surface area contributed by atoms with Gasteiger partial charge in [-0.3, -0.25) is 9.89 Å². The Labute approximate surface area is 153 Å². The zero-order valence-corrected chi connectivity index (χ0v) is 16.2. The number of anilines is 1. The molecule has 0 saturated heterocycles. The van der Waals surface area contributed by atoms with Gasteiger partial charge in [-0.1, -0.05) is 32.9 Å². The Morgan fingerprint density at radius 1 is 1.24 bits per heavy atom. The fourth-order valence-corrected chi connectivity index (χ4v) is 2.64. The first-order valence-electron chi connectivity index (χ1n) is 8.39. The lowest BCUT2D eigenvalue weighted by molar-refractivity contribution is 0.529. The summed E-state index contributed by atoms with van der Waals surface area (Å²) in [4.78, 5) is 14.8. The molecule has 0 radical (unpaired) electrons.